The van der Waals surface area contributed by atoms with Gasteiger partial charge >= 0.3 is 52.0 Å². The molecule has 0 bridgehead atoms. The van der Waals surface area contributed by atoms with Gasteiger partial charge in [-0.05, 0) is 78.9 Å². The number of aliphatic hydroxyl groups excluding tert-OH is 4. The zero-order valence-corrected chi connectivity index (χ0v) is 53.9. The van der Waals surface area contributed by atoms with E-state index in [4.69, 9.17) is 160 Å². The van der Waals surface area contributed by atoms with Gasteiger partial charge in [-0.15, -0.1) is 0 Å². The van der Waals surface area contributed by atoms with Crippen molar-refractivity contribution < 1.29 is 156 Å². The van der Waals surface area contributed by atoms with Crippen LogP contribution < -0.4 is 55.7 Å². The van der Waals surface area contributed by atoms with Crippen molar-refractivity contribution in [2.75, 3.05) is 53.5 Å². The molecule has 0 aromatic carbocycles. The van der Waals surface area contributed by atoms with Crippen molar-refractivity contribution in [3.05, 3.63) is 23.7 Å². The lowest BCUT2D eigenvalue weighted by atomic mass is 9.83. The molecule has 91 heavy (non-hydrogen) atoms. The third kappa shape index (κ3) is 35.9. The van der Waals surface area contributed by atoms with Crippen LogP contribution in [0.15, 0.2) is 23.7 Å². The Morgan fingerprint density at radius 1 is 0.473 bits per heavy atom. The van der Waals surface area contributed by atoms with E-state index >= 15 is 0 Å². The summed E-state index contributed by atoms with van der Waals surface area (Å²) in [4.78, 5) is 0. The van der Waals surface area contributed by atoms with E-state index in [0.29, 0.717) is 50.3 Å². The summed E-state index contributed by atoms with van der Waals surface area (Å²) in [7, 11) is -20.1. The largest absolute Gasteiger partial charge is 0.467 e. The Kier molecular flexibility index (Phi) is 38.0. The Morgan fingerprint density at radius 2 is 0.725 bits per heavy atom. The molecular weight excluding hydrogens is 1350 g/mol. The highest BCUT2D eigenvalue weighted by atomic mass is 32.3. The summed E-state index contributed by atoms with van der Waals surface area (Å²) in [6.07, 6.45) is -6.11. The number of aliphatic hydroxyl groups is 6. The fraction of sp³-hybridized carbons (Fsp3) is 0.905. The van der Waals surface area contributed by atoms with Crippen molar-refractivity contribution in [2.45, 2.75) is 187 Å². The molecular formula is C42H92N10O34S5. The Labute approximate surface area is 525 Å². The predicted octanol–water partition coefficient (Wildman–Crippen LogP) is -9.67. The smallest absolute Gasteiger partial charge is 0.394 e. The van der Waals surface area contributed by atoms with Gasteiger partial charge in [0.05, 0.1) is 50.5 Å². The molecule has 6 rings (SSSR count). The van der Waals surface area contributed by atoms with Crippen LogP contribution >= 0.6 is 0 Å². The average molecular weight is 1440 g/mol. The number of hydrogen-bond donors (Lipinski definition) is 26. The van der Waals surface area contributed by atoms with Crippen LogP contribution in [-0.4, -0.2) is 305 Å². The fourth-order valence-corrected chi connectivity index (χ4v) is 9.71. The molecule has 0 unspecified atom stereocenters. The number of hydrogen-bond acceptors (Lipinski definition) is 34. The first kappa shape index (κ1) is 88.5. The third-order valence-electron chi connectivity index (χ3n) is 13.3. The van der Waals surface area contributed by atoms with E-state index in [1.807, 2.05) is 26.0 Å². The van der Waals surface area contributed by atoms with Crippen molar-refractivity contribution in [3.63, 3.8) is 0 Å². The van der Waals surface area contributed by atoms with Crippen LogP contribution in [0.3, 0.4) is 0 Å². The summed E-state index contributed by atoms with van der Waals surface area (Å²) in [5.41, 5.74) is 33.9. The molecule has 44 nitrogen and oxygen atoms in total. The van der Waals surface area contributed by atoms with Crippen LogP contribution in [0.4, 0.5) is 0 Å². The highest BCUT2D eigenvalue weighted by Crippen LogP contribution is 2.34. The summed E-state index contributed by atoms with van der Waals surface area (Å²) in [6.45, 7) is 8.61. The summed E-state index contributed by atoms with van der Waals surface area (Å²) in [5, 5.41) is 77.5. The van der Waals surface area contributed by atoms with Gasteiger partial charge in [0.25, 0.3) is 0 Å². The lowest BCUT2D eigenvalue weighted by Crippen LogP contribution is -2.69. The molecule has 0 aromatic heterocycles. The highest BCUT2D eigenvalue weighted by Gasteiger charge is 2.53. The minimum atomic E-state index is -4.67. The third-order valence-corrected chi connectivity index (χ3v) is 13.3. The number of rotatable bonds is 16. The van der Waals surface area contributed by atoms with Crippen LogP contribution in [0, 0.1) is 0 Å². The second-order valence-corrected chi connectivity index (χ2v) is 25.3. The van der Waals surface area contributed by atoms with E-state index in [-0.39, 0.29) is 38.4 Å². The van der Waals surface area contributed by atoms with E-state index in [1.54, 1.807) is 27.9 Å². The summed E-state index contributed by atoms with van der Waals surface area (Å²) in [5.74, 6) is 1.14. The van der Waals surface area contributed by atoms with Crippen LogP contribution in [0.25, 0.3) is 0 Å². The molecule has 0 amide bonds. The maximum atomic E-state index is 11.3. The molecule has 4 aliphatic heterocycles. The zero-order chi connectivity index (χ0) is 71.2. The van der Waals surface area contributed by atoms with Gasteiger partial charge in [0.2, 0.25) is 12.6 Å². The first-order chi connectivity index (χ1) is 41.2. The maximum Gasteiger partial charge on any atom is 0.394 e. The molecule has 2 saturated heterocycles. The molecule has 4 fully saturated rings. The van der Waals surface area contributed by atoms with Gasteiger partial charge in [0.1, 0.15) is 71.6 Å². The lowest BCUT2D eigenvalue weighted by molar-refractivity contribution is -0.304. The Bertz CT molecular complexity index is 2460. The monoisotopic (exact) mass is 1440 g/mol. The first-order valence-electron chi connectivity index (χ1n) is 26.7. The average Bonchev–Trinajstić information content (AvgIpc) is 0.801. The molecule has 6 aliphatic rings. The molecule has 544 valence electrons. The van der Waals surface area contributed by atoms with Gasteiger partial charge in [0.15, 0.2) is 12.6 Å². The van der Waals surface area contributed by atoms with E-state index in [0.717, 1.165) is 0 Å². The van der Waals surface area contributed by atoms with Crippen LogP contribution in [0.5, 0.6) is 0 Å². The normalized spacial score (nSPS) is 36.9. The standard InChI is InChI=1S/2C21H41N5O7.5H2O4S/c2*1-4-26-13-7-12(24)16(32-19-11(23)6-5-10(8-22)31-19)14(27)17(13)33-20-15(28)18(25-3)21(2,29)9-30-20;5*1-5(2,3)4/h2*5,11-20,25-29H,4,6-9,22-24H2,1-3H3;5*(H2,1,2,3,4)/t2*11-,12+,13-,14+,15-,16-,17+,18-,19-,20-,21+;;;;;/m11...../s1. The number of ether oxygens (including phenoxy) is 8. The van der Waals surface area contributed by atoms with Crippen molar-refractivity contribution in [1.82, 2.24) is 21.3 Å². The van der Waals surface area contributed by atoms with E-state index in [1.165, 1.54) is 0 Å². The minimum Gasteiger partial charge on any atom is -0.467 e. The van der Waals surface area contributed by atoms with Gasteiger partial charge in [-0.3, -0.25) is 45.5 Å². The molecule has 0 aromatic rings. The summed E-state index contributed by atoms with van der Waals surface area (Å²) >= 11 is 0. The molecule has 2 saturated carbocycles. The summed E-state index contributed by atoms with van der Waals surface area (Å²) < 4.78 is 205. The SMILES string of the molecule is CCN[C@@H]1C[C@H](N)[C@@H](O[C@H]2OC(CN)=CC[C@H]2N)[C@H](O)[C@H]1O[C@H]1OC[C@](C)(O)[C@H](NC)[C@H]1O.CCN[C@@H]1C[C@H](N)[C@@H](O[C@H]2OC(CN)=CC[C@H]2N)[C@H](O)[C@H]1O[C@H]1OC[C@](C)(O)[C@H](NC)[C@H]1O.O=S(=O)(O)O.O=S(=O)(O)O.O=S(=O)(O)O.O=S(=O)(O)O.O=S(=O)(O)O. The zero-order valence-electron chi connectivity index (χ0n) is 49.8. The van der Waals surface area contributed by atoms with Crippen LogP contribution in [-0.2, 0) is 89.9 Å². The predicted molar refractivity (Wildman–Crippen MR) is 310 cm³/mol. The molecule has 2 aliphatic carbocycles. The molecule has 22 atom stereocenters. The van der Waals surface area contributed by atoms with E-state index in [9.17, 15) is 30.6 Å². The van der Waals surface area contributed by atoms with Crippen LogP contribution in [0.1, 0.15) is 53.4 Å². The van der Waals surface area contributed by atoms with Gasteiger partial charge in [-0.1, -0.05) is 13.8 Å². The number of nitrogens with two attached hydrogens (primary N) is 6. The lowest BCUT2D eigenvalue weighted by Gasteiger charge is -2.49. The molecule has 0 spiro atoms. The minimum absolute atomic E-state index is 0.0483. The second-order valence-electron chi connectivity index (χ2n) is 20.9. The maximum absolute atomic E-state index is 11.3. The summed E-state index contributed by atoms with van der Waals surface area (Å²) in [6, 6.07) is -3.90. The van der Waals surface area contributed by atoms with Gasteiger partial charge < -0.3 is 124 Å². The number of nitrogens with one attached hydrogen (secondary N) is 4. The number of likely N-dealkylation sites (N-methyl/N-ethyl adjacent to an activating group) is 4. The molecule has 32 N–H and O–H groups in total. The van der Waals surface area contributed by atoms with E-state index in [2.05, 4.69) is 21.3 Å². The Balaban J connectivity index is 0.00000130. The highest BCUT2D eigenvalue weighted by molar-refractivity contribution is 7.80. The Morgan fingerprint density at radius 3 is 0.956 bits per heavy atom. The first-order valence-corrected chi connectivity index (χ1v) is 33.7. The van der Waals surface area contributed by atoms with Crippen molar-refractivity contribution in [3.8, 4) is 0 Å². The van der Waals surface area contributed by atoms with Gasteiger partial charge in [-0.25, -0.2) is 0 Å². The quantitative estimate of drug-likeness (QED) is 0.0638. The topological polar surface area (TPSA) is 772 Å². The molecule has 0 radical (unpaired) electrons. The second kappa shape index (κ2) is 39.1. The Hall–Kier alpha value is -2.45. The van der Waals surface area contributed by atoms with Gasteiger partial charge in [-0.2, -0.15) is 42.1 Å². The van der Waals surface area contributed by atoms with Crippen molar-refractivity contribution in [2.24, 2.45) is 34.4 Å². The van der Waals surface area contributed by atoms with Crippen molar-refractivity contribution >= 4 is 52.0 Å². The van der Waals surface area contributed by atoms with Crippen molar-refractivity contribution in [1.29, 1.82) is 0 Å². The molecule has 4 heterocycles. The van der Waals surface area contributed by atoms with Gasteiger partial charge in [0, 0.05) is 24.2 Å². The molecule has 49 heteroatoms. The van der Waals surface area contributed by atoms with E-state index < -0.39 is 173 Å². The van der Waals surface area contributed by atoms with Crippen LogP contribution in [0.2, 0.25) is 0 Å². The fourth-order valence-electron chi connectivity index (χ4n) is 9.71.